The molecule has 1 amide bonds. The van der Waals surface area contributed by atoms with Crippen LogP contribution in [0.3, 0.4) is 0 Å². The normalized spacial score (nSPS) is 10.1. The van der Waals surface area contributed by atoms with Crippen molar-refractivity contribution in [2.45, 2.75) is 6.42 Å². The van der Waals surface area contributed by atoms with Crippen molar-refractivity contribution in [1.82, 2.24) is 0 Å². The lowest BCUT2D eigenvalue weighted by molar-refractivity contribution is -0.117. The Hall–Kier alpha value is -2.29. The number of amides is 1. The van der Waals surface area contributed by atoms with Gasteiger partial charge >= 0.3 is 0 Å². The van der Waals surface area contributed by atoms with Crippen LogP contribution in [0.2, 0.25) is 0 Å². The summed E-state index contributed by atoms with van der Waals surface area (Å²) in [7, 11) is 1.71. The second kappa shape index (κ2) is 5.36. The highest BCUT2D eigenvalue weighted by molar-refractivity contribution is 5.94. The molecule has 18 heavy (non-hydrogen) atoms. The monoisotopic (exact) mass is 241 g/mol. The number of rotatable bonds is 3. The van der Waals surface area contributed by atoms with Crippen LogP contribution in [0.1, 0.15) is 5.56 Å². The van der Waals surface area contributed by atoms with Crippen LogP contribution in [0, 0.1) is 0 Å². The lowest BCUT2D eigenvalue weighted by atomic mass is 10.1. The van der Waals surface area contributed by atoms with Gasteiger partial charge in [-0.3, -0.25) is 4.79 Å². The Balaban J connectivity index is 2.10. The molecule has 0 spiro atoms. The van der Waals surface area contributed by atoms with Gasteiger partial charge in [-0.15, -0.1) is 0 Å². The Morgan fingerprint density at radius 1 is 1.11 bits per heavy atom. The molecule has 92 valence electrons. The summed E-state index contributed by atoms with van der Waals surface area (Å²) in [5, 5.41) is 9.40. The van der Waals surface area contributed by atoms with E-state index >= 15 is 0 Å². The second-order valence-corrected chi connectivity index (χ2v) is 4.13. The Labute approximate surface area is 106 Å². The molecule has 2 aromatic rings. The molecule has 0 unspecified atom stereocenters. The van der Waals surface area contributed by atoms with Crippen molar-refractivity contribution in [3.8, 4) is 5.75 Å². The highest BCUT2D eigenvalue weighted by Gasteiger charge is 2.11. The van der Waals surface area contributed by atoms with Crippen LogP contribution in [0.4, 0.5) is 5.69 Å². The van der Waals surface area contributed by atoms with Crippen LogP contribution >= 0.6 is 0 Å². The molecule has 0 aliphatic carbocycles. The SMILES string of the molecule is CN(C(=O)Cc1ccccc1)c1cccc(O)c1. The Kier molecular flexibility index (Phi) is 3.63. The summed E-state index contributed by atoms with van der Waals surface area (Å²) in [4.78, 5) is 13.6. The van der Waals surface area contributed by atoms with Gasteiger partial charge in [0.1, 0.15) is 5.75 Å². The van der Waals surface area contributed by atoms with E-state index < -0.39 is 0 Å². The number of phenols is 1. The quantitative estimate of drug-likeness (QED) is 0.897. The molecule has 0 atom stereocenters. The Morgan fingerprint density at radius 2 is 1.83 bits per heavy atom. The van der Waals surface area contributed by atoms with E-state index in [1.54, 1.807) is 36.2 Å². The fraction of sp³-hybridized carbons (Fsp3) is 0.133. The van der Waals surface area contributed by atoms with Crippen LogP contribution in [0.25, 0.3) is 0 Å². The lowest BCUT2D eigenvalue weighted by Gasteiger charge is -2.17. The zero-order valence-corrected chi connectivity index (χ0v) is 10.2. The maximum atomic E-state index is 12.1. The zero-order chi connectivity index (χ0) is 13.0. The van der Waals surface area contributed by atoms with Crippen molar-refractivity contribution < 1.29 is 9.90 Å². The maximum absolute atomic E-state index is 12.1. The highest BCUT2D eigenvalue weighted by atomic mass is 16.3. The minimum absolute atomic E-state index is 0.00759. The van der Waals surface area contributed by atoms with E-state index in [1.165, 1.54) is 0 Å². The minimum Gasteiger partial charge on any atom is -0.508 e. The largest absolute Gasteiger partial charge is 0.508 e. The van der Waals surface area contributed by atoms with Crippen molar-refractivity contribution in [2.24, 2.45) is 0 Å². The van der Waals surface area contributed by atoms with Gasteiger partial charge < -0.3 is 10.0 Å². The number of phenolic OH excluding ortho intramolecular Hbond substituents is 1. The van der Waals surface area contributed by atoms with Gasteiger partial charge in [0.25, 0.3) is 0 Å². The zero-order valence-electron chi connectivity index (χ0n) is 10.2. The van der Waals surface area contributed by atoms with Crippen molar-refractivity contribution in [1.29, 1.82) is 0 Å². The molecule has 1 N–H and O–H groups in total. The van der Waals surface area contributed by atoms with E-state index in [4.69, 9.17) is 0 Å². The predicted molar refractivity (Wildman–Crippen MR) is 71.7 cm³/mol. The highest BCUT2D eigenvalue weighted by Crippen LogP contribution is 2.19. The van der Waals surface area contributed by atoms with Gasteiger partial charge in [0.05, 0.1) is 6.42 Å². The van der Waals surface area contributed by atoms with E-state index in [2.05, 4.69) is 0 Å². The summed E-state index contributed by atoms with van der Waals surface area (Å²) < 4.78 is 0. The molecule has 3 heteroatoms. The number of anilines is 1. The molecule has 0 aromatic heterocycles. The molecule has 0 aliphatic rings. The van der Waals surface area contributed by atoms with Gasteiger partial charge in [0.15, 0.2) is 0 Å². The first kappa shape index (κ1) is 12.2. The van der Waals surface area contributed by atoms with E-state index in [-0.39, 0.29) is 11.7 Å². The van der Waals surface area contributed by atoms with Crippen LogP contribution in [0.5, 0.6) is 5.75 Å². The summed E-state index contributed by atoms with van der Waals surface area (Å²) in [5.41, 5.74) is 1.67. The maximum Gasteiger partial charge on any atom is 0.231 e. The van der Waals surface area contributed by atoms with Gasteiger partial charge in [0, 0.05) is 18.8 Å². The van der Waals surface area contributed by atoms with Gasteiger partial charge in [-0.1, -0.05) is 36.4 Å². The van der Waals surface area contributed by atoms with Crippen molar-refractivity contribution in [3.63, 3.8) is 0 Å². The fourth-order valence-corrected chi connectivity index (χ4v) is 1.73. The molecule has 0 aliphatic heterocycles. The van der Waals surface area contributed by atoms with Crippen LogP contribution in [0.15, 0.2) is 54.6 Å². The second-order valence-electron chi connectivity index (χ2n) is 4.13. The first-order chi connectivity index (χ1) is 8.66. The molecular weight excluding hydrogens is 226 g/mol. The van der Waals surface area contributed by atoms with Gasteiger partial charge in [-0.2, -0.15) is 0 Å². The average Bonchev–Trinajstić information content (AvgIpc) is 2.39. The number of aromatic hydroxyl groups is 1. The third kappa shape index (κ3) is 2.88. The Bertz CT molecular complexity index is 537. The van der Waals surface area contributed by atoms with Crippen LogP contribution < -0.4 is 4.90 Å². The Morgan fingerprint density at radius 3 is 2.50 bits per heavy atom. The van der Waals surface area contributed by atoms with Crippen molar-refractivity contribution in [3.05, 3.63) is 60.2 Å². The molecule has 2 aromatic carbocycles. The molecule has 2 rings (SSSR count). The van der Waals surface area contributed by atoms with Gasteiger partial charge in [-0.05, 0) is 17.7 Å². The number of hydrogen-bond donors (Lipinski definition) is 1. The number of hydrogen-bond acceptors (Lipinski definition) is 2. The number of carbonyl (C=O) groups is 1. The predicted octanol–water partition coefficient (Wildman–Crippen LogP) is 2.60. The molecule has 0 saturated carbocycles. The topological polar surface area (TPSA) is 40.5 Å². The molecule has 0 heterocycles. The van der Waals surface area contributed by atoms with Gasteiger partial charge in [-0.25, -0.2) is 0 Å². The summed E-state index contributed by atoms with van der Waals surface area (Å²) in [6, 6.07) is 16.3. The van der Waals surface area contributed by atoms with E-state index in [1.807, 2.05) is 30.3 Å². The first-order valence-corrected chi connectivity index (χ1v) is 5.76. The molecule has 3 nitrogen and oxygen atoms in total. The van der Waals surface area contributed by atoms with Crippen LogP contribution in [-0.4, -0.2) is 18.1 Å². The molecular formula is C15H15NO2. The number of nitrogens with zero attached hydrogens (tertiary/aromatic N) is 1. The average molecular weight is 241 g/mol. The van der Waals surface area contributed by atoms with E-state index in [0.29, 0.717) is 12.1 Å². The van der Waals surface area contributed by atoms with Crippen molar-refractivity contribution >= 4 is 11.6 Å². The third-order valence-electron chi connectivity index (χ3n) is 2.79. The summed E-state index contributed by atoms with van der Waals surface area (Å²) in [5.74, 6) is 0.152. The molecule has 0 fully saturated rings. The van der Waals surface area contributed by atoms with Gasteiger partial charge in [0.2, 0.25) is 5.91 Å². The standard InChI is InChI=1S/C15H15NO2/c1-16(13-8-5-9-14(17)11-13)15(18)10-12-6-3-2-4-7-12/h2-9,11,17H,10H2,1H3. The third-order valence-corrected chi connectivity index (χ3v) is 2.79. The van der Waals surface area contributed by atoms with E-state index in [0.717, 1.165) is 5.56 Å². The number of likely N-dealkylation sites (N-methyl/N-ethyl adjacent to an activating group) is 1. The van der Waals surface area contributed by atoms with E-state index in [9.17, 15) is 9.90 Å². The lowest BCUT2D eigenvalue weighted by Crippen LogP contribution is -2.27. The molecule has 0 radical (unpaired) electrons. The van der Waals surface area contributed by atoms with Crippen molar-refractivity contribution in [2.75, 3.05) is 11.9 Å². The molecule has 0 bridgehead atoms. The number of benzene rings is 2. The molecule has 0 saturated heterocycles. The number of carbonyl (C=O) groups excluding carboxylic acids is 1. The minimum atomic E-state index is -0.00759. The summed E-state index contributed by atoms with van der Waals surface area (Å²) in [6.07, 6.45) is 0.354. The van der Waals surface area contributed by atoms with Crippen LogP contribution in [-0.2, 0) is 11.2 Å². The summed E-state index contributed by atoms with van der Waals surface area (Å²) >= 11 is 0. The first-order valence-electron chi connectivity index (χ1n) is 5.76. The fourth-order valence-electron chi connectivity index (χ4n) is 1.73. The summed E-state index contributed by atoms with van der Waals surface area (Å²) in [6.45, 7) is 0. The smallest absolute Gasteiger partial charge is 0.231 e.